The first-order valence-corrected chi connectivity index (χ1v) is 6.11. The van der Waals surface area contributed by atoms with E-state index in [0.717, 1.165) is 13.1 Å². The molecule has 0 aromatic rings. The molecule has 0 radical (unpaired) electrons. The van der Waals surface area contributed by atoms with E-state index in [1.807, 2.05) is 4.90 Å². The molecule has 0 aromatic carbocycles. The molecule has 1 aliphatic rings. The summed E-state index contributed by atoms with van der Waals surface area (Å²) < 4.78 is 0. The molecule has 0 aromatic heterocycles. The topological polar surface area (TPSA) is 32.3 Å². The van der Waals surface area contributed by atoms with Crippen LogP contribution in [0.3, 0.4) is 0 Å². The van der Waals surface area contributed by atoms with Crippen LogP contribution >= 0.6 is 0 Å². The fraction of sp³-hybridized carbons (Fsp3) is 0.769. The minimum Gasteiger partial charge on any atom is -0.339 e. The summed E-state index contributed by atoms with van der Waals surface area (Å²) in [4.78, 5) is 13.9. The van der Waals surface area contributed by atoms with Crippen LogP contribution in [-0.4, -0.2) is 36.0 Å². The zero-order valence-corrected chi connectivity index (χ0v) is 10.3. The average Bonchev–Trinajstić information content (AvgIpc) is 2.74. The van der Waals surface area contributed by atoms with Gasteiger partial charge in [0.1, 0.15) is 0 Å². The van der Waals surface area contributed by atoms with Gasteiger partial charge in [-0.3, -0.25) is 4.79 Å². The van der Waals surface area contributed by atoms with E-state index in [1.165, 1.54) is 12.8 Å². The molecule has 16 heavy (non-hydrogen) atoms. The van der Waals surface area contributed by atoms with Crippen LogP contribution in [0, 0.1) is 12.3 Å². The van der Waals surface area contributed by atoms with E-state index < -0.39 is 0 Å². The molecule has 1 amide bonds. The fourth-order valence-corrected chi connectivity index (χ4v) is 2.07. The van der Waals surface area contributed by atoms with Crippen molar-refractivity contribution in [2.45, 2.75) is 51.6 Å². The van der Waals surface area contributed by atoms with Gasteiger partial charge in [-0.2, -0.15) is 0 Å². The Kier molecular flexibility index (Phi) is 5.34. The number of terminal acetylenes is 1. The molecule has 1 aliphatic heterocycles. The smallest absolute Gasteiger partial charge is 0.223 e. The number of hydrogen-bond donors (Lipinski definition) is 1. The molecule has 1 heterocycles. The molecule has 0 saturated carbocycles. The van der Waals surface area contributed by atoms with E-state index in [4.69, 9.17) is 6.42 Å². The third kappa shape index (κ3) is 3.86. The molecule has 0 spiro atoms. The van der Waals surface area contributed by atoms with Gasteiger partial charge < -0.3 is 10.2 Å². The monoisotopic (exact) mass is 222 g/mol. The number of carbonyl (C=O) groups excluding carboxylic acids is 1. The minimum absolute atomic E-state index is 0.182. The molecule has 3 nitrogen and oxygen atoms in total. The van der Waals surface area contributed by atoms with Crippen molar-refractivity contribution in [2.24, 2.45) is 0 Å². The van der Waals surface area contributed by atoms with Crippen LogP contribution in [0.2, 0.25) is 0 Å². The maximum Gasteiger partial charge on any atom is 0.223 e. The predicted molar refractivity (Wildman–Crippen MR) is 65.9 cm³/mol. The minimum atomic E-state index is 0.182. The van der Waals surface area contributed by atoms with Crippen LogP contribution in [0.1, 0.15) is 39.5 Å². The lowest BCUT2D eigenvalue weighted by Crippen LogP contribution is -2.44. The summed E-state index contributed by atoms with van der Waals surface area (Å²) >= 11 is 0. The summed E-state index contributed by atoms with van der Waals surface area (Å²) in [5.74, 6) is 2.70. The highest BCUT2D eigenvalue weighted by atomic mass is 16.2. The maximum absolute atomic E-state index is 11.9. The molecule has 90 valence electrons. The van der Waals surface area contributed by atoms with Gasteiger partial charge in [-0.15, -0.1) is 12.3 Å². The second-order valence-corrected chi connectivity index (χ2v) is 4.64. The molecule has 1 unspecified atom stereocenters. The van der Waals surface area contributed by atoms with Crippen molar-refractivity contribution in [3.63, 3.8) is 0 Å². The van der Waals surface area contributed by atoms with Gasteiger partial charge in [0.15, 0.2) is 0 Å². The Hall–Kier alpha value is -1.01. The van der Waals surface area contributed by atoms with Crippen LogP contribution in [0.25, 0.3) is 0 Å². The van der Waals surface area contributed by atoms with Crippen LogP contribution in [0.4, 0.5) is 0 Å². The predicted octanol–water partition coefficient (Wildman–Crippen LogP) is 1.39. The molecule has 1 saturated heterocycles. The number of amides is 1. The molecular weight excluding hydrogens is 200 g/mol. The van der Waals surface area contributed by atoms with E-state index in [9.17, 15) is 4.79 Å². The number of nitrogens with zero attached hydrogens (tertiary/aromatic N) is 1. The maximum atomic E-state index is 11.9. The highest BCUT2D eigenvalue weighted by molar-refractivity contribution is 5.76. The van der Waals surface area contributed by atoms with E-state index in [2.05, 4.69) is 25.1 Å². The summed E-state index contributed by atoms with van der Waals surface area (Å²) in [5.41, 5.74) is 0. The molecule has 0 aliphatic carbocycles. The number of nitrogens with one attached hydrogen (secondary N) is 1. The lowest BCUT2D eigenvalue weighted by Gasteiger charge is -2.29. The standard InChI is InChI=1S/C13H22N2O/c1-4-5-8-13(16)15(11(2)3)10-12-7-6-9-14-12/h1,11-12,14H,5-10H2,2-3H3. The molecule has 1 atom stereocenters. The Morgan fingerprint density at radius 3 is 2.88 bits per heavy atom. The number of hydrogen-bond acceptors (Lipinski definition) is 2. The first-order valence-electron chi connectivity index (χ1n) is 6.11. The Morgan fingerprint density at radius 1 is 1.62 bits per heavy atom. The van der Waals surface area contributed by atoms with E-state index >= 15 is 0 Å². The fourth-order valence-electron chi connectivity index (χ4n) is 2.07. The summed E-state index contributed by atoms with van der Waals surface area (Å²) in [7, 11) is 0. The quantitative estimate of drug-likeness (QED) is 0.713. The van der Waals surface area contributed by atoms with Crippen LogP contribution in [0.5, 0.6) is 0 Å². The zero-order valence-electron chi connectivity index (χ0n) is 10.3. The normalized spacial score (nSPS) is 19.8. The van der Waals surface area contributed by atoms with Crippen LogP contribution in [0.15, 0.2) is 0 Å². The van der Waals surface area contributed by atoms with Gasteiger partial charge >= 0.3 is 0 Å². The highest BCUT2D eigenvalue weighted by Crippen LogP contribution is 2.11. The van der Waals surface area contributed by atoms with Crippen molar-refractivity contribution < 1.29 is 4.79 Å². The highest BCUT2D eigenvalue weighted by Gasteiger charge is 2.22. The summed E-state index contributed by atoms with van der Waals surface area (Å²) in [6, 6.07) is 0.727. The van der Waals surface area contributed by atoms with Crippen molar-refractivity contribution in [2.75, 3.05) is 13.1 Å². The molecular formula is C13H22N2O. The largest absolute Gasteiger partial charge is 0.339 e. The van der Waals surface area contributed by atoms with Gasteiger partial charge in [0, 0.05) is 31.5 Å². The van der Waals surface area contributed by atoms with E-state index in [0.29, 0.717) is 18.9 Å². The second kappa shape index (κ2) is 6.55. The third-order valence-corrected chi connectivity index (χ3v) is 3.01. The van der Waals surface area contributed by atoms with Crippen molar-refractivity contribution in [1.29, 1.82) is 0 Å². The SMILES string of the molecule is C#CCCC(=O)N(CC1CCCN1)C(C)C. The van der Waals surface area contributed by atoms with Crippen molar-refractivity contribution in [3.8, 4) is 12.3 Å². The average molecular weight is 222 g/mol. The van der Waals surface area contributed by atoms with E-state index in [-0.39, 0.29) is 11.9 Å². The summed E-state index contributed by atoms with van der Waals surface area (Å²) in [6.45, 7) is 6.02. The lowest BCUT2D eigenvalue weighted by atomic mass is 10.1. The Labute approximate surface area is 98.6 Å². The van der Waals surface area contributed by atoms with Gasteiger partial charge in [0.2, 0.25) is 5.91 Å². The molecule has 1 fully saturated rings. The van der Waals surface area contributed by atoms with Crippen molar-refractivity contribution >= 4 is 5.91 Å². The van der Waals surface area contributed by atoms with Crippen LogP contribution < -0.4 is 5.32 Å². The molecule has 0 bridgehead atoms. The van der Waals surface area contributed by atoms with Gasteiger partial charge in [0.05, 0.1) is 0 Å². The zero-order chi connectivity index (χ0) is 12.0. The number of carbonyl (C=O) groups is 1. The van der Waals surface area contributed by atoms with Gasteiger partial charge in [-0.1, -0.05) is 0 Å². The van der Waals surface area contributed by atoms with Gasteiger partial charge in [-0.25, -0.2) is 0 Å². The lowest BCUT2D eigenvalue weighted by molar-refractivity contribution is -0.133. The first-order chi connectivity index (χ1) is 7.65. The first kappa shape index (κ1) is 13.1. The molecule has 3 heteroatoms. The van der Waals surface area contributed by atoms with Crippen molar-refractivity contribution in [1.82, 2.24) is 10.2 Å². The molecule has 1 rings (SSSR count). The van der Waals surface area contributed by atoms with Gasteiger partial charge in [-0.05, 0) is 33.2 Å². The summed E-state index contributed by atoms with van der Waals surface area (Å²) in [6.07, 6.45) is 8.59. The Morgan fingerprint density at radius 2 is 2.38 bits per heavy atom. The third-order valence-electron chi connectivity index (χ3n) is 3.01. The van der Waals surface area contributed by atoms with E-state index in [1.54, 1.807) is 0 Å². The van der Waals surface area contributed by atoms with Crippen LogP contribution in [-0.2, 0) is 4.79 Å². The Bertz CT molecular complexity index is 262. The summed E-state index contributed by atoms with van der Waals surface area (Å²) in [5, 5.41) is 3.42. The van der Waals surface area contributed by atoms with Crippen molar-refractivity contribution in [3.05, 3.63) is 0 Å². The van der Waals surface area contributed by atoms with Gasteiger partial charge in [0.25, 0.3) is 0 Å². The molecule has 1 N–H and O–H groups in total. The second-order valence-electron chi connectivity index (χ2n) is 4.64. The Balaban J connectivity index is 2.46. The number of rotatable bonds is 5.